The maximum absolute atomic E-state index is 12.4. The maximum Gasteiger partial charge on any atom is 0.261 e. The van der Waals surface area contributed by atoms with Crippen LogP contribution in [-0.4, -0.2) is 62.5 Å². The molecular weight excluding hydrogens is 380 g/mol. The lowest BCUT2D eigenvalue weighted by Crippen LogP contribution is -3.00. The summed E-state index contributed by atoms with van der Waals surface area (Å²) in [6.45, 7) is 1.81. The molecule has 0 atom stereocenters. The number of hydrogen-bond donors (Lipinski definition) is 0. The second-order valence-corrected chi connectivity index (χ2v) is 6.55. The number of likely N-dealkylation sites (N-methyl/N-ethyl adjacent to an activating group) is 1. The molecule has 2 aromatic carbocycles. The highest BCUT2D eigenvalue weighted by Gasteiger charge is 2.34. The molecule has 2 aromatic rings. The topological polar surface area (TPSA) is 59.1 Å². The lowest BCUT2D eigenvalue weighted by Gasteiger charge is -2.20. The summed E-state index contributed by atoms with van der Waals surface area (Å²) in [4.78, 5) is 28.2. The van der Waals surface area contributed by atoms with Crippen molar-refractivity contribution in [3.05, 3.63) is 59.2 Å². The molecule has 0 radical (unpaired) electrons. The number of ether oxygens (including phenoxy) is 2. The highest BCUT2D eigenvalue weighted by Crippen LogP contribution is 2.27. The van der Waals surface area contributed by atoms with E-state index in [9.17, 15) is 9.59 Å². The van der Waals surface area contributed by atoms with Gasteiger partial charge in [-0.05, 0) is 43.3 Å². The fraction of sp³-hybridized carbons (Fsp3) is 0.333. The van der Waals surface area contributed by atoms with Crippen molar-refractivity contribution < 1.29 is 31.5 Å². The van der Waals surface area contributed by atoms with Crippen LogP contribution in [-0.2, 0) is 6.42 Å². The van der Waals surface area contributed by atoms with Gasteiger partial charge in [0.15, 0.2) is 11.5 Å². The second-order valence-electron chi connectivity index (χ2n) is 6.55. The molecule has 3 rings (SSSR count). The van der Waals surface area contributed by atoms with Crippen molar-refractivity contribution in [2.75, 3.05) is 40.9 Å². The van der Waals surface area contributed by atoms with Gasteiger partial charge in [-0.1, -0.05) is 18.2 Å². The van der Waals surface area contributed by atoms with E-state index in [2.05, 4.69) is 4.90 Å². The molecule has 1 heterocycles. The average molecular weight is 404 g/mol. The van der Waals surface area contributed by atoms with Crippen LogP contribution in [0.5, 0.6) is 11.5 Å². The number of hydrogen-bond acceptors (Lipinski definition) is 5. The molecule has 0 unspecified atom stereocenters. The SMILES string of the molecule is COc1ccc(CCN(C)CCN2C(=O)c3ccccc3C2=O)cc1OC.[Cl-]. The van der Waals surface area contributed by atoms with Gasteiger partial charge < -0.3 is 26.8 Å². The fourth-order valence-electron chi connectivity index (χ4n) is 3.18. The highest BCUT2D eigenvalue weighted by atomic mass is 35.5. The number of benzene rings is 2. The van der Waals surface area contributed by atoms with E-state index in [1.165, 1.54) is 4.90 Å². The summed E-state index contributed by atoms with van der Waals surface area (Å²) in [6.07, 6.45) is 0.832. The van der Waals surface area contributed by atoms with Crippen molar-refractivity contribution in [1.29, 1.82) is 0 Å². The summed E-state index contributed by atoms with van der Waals surface area (Å²) < 4.78 is 10.6. The van der Waals surface area contributed by atoms with E-state index in [4.69, 9.17) is 9.47 Å². The van der Waals surface area contributed by atoms with Crippen LogP contribution in [0.25, 0.3) is 0 Å². The molecule has 1 aliphatic heterocycles. The standard InChI is InChI=1S/C21H24N2O4.ClH/c1-22(11-10-15-8-9-18(26-2)19(14-15)27-3)12-13-23-20(24)16-6-4-5-7-17(16)21(23)25;/h4-9,14H,10-13H2,1-3H3;1H/p-1. The van der Waals surface area contributed by atoms with Crippen LogP contribution in [0.15, 0.2) is 42.5 Å². The molecule has 0 saturated carbocycles. The Morgan fingerprint density at radius 2 is 1.50 bits per heavy atom. The third-order valence-electron chi connectivity index (χ3n) is 4.81. The number of halogens is 1. The normalized spacial score (nSPS) is 12.8. The van der Waals surface area contributed by atoms with Gasteiger partial charge in [-0.2, -0.15) is 0 Å². The molecule has 0 saturated heterocycles. The predicted molar refractivity (Wildman–Crippen MR) is 103 cm³/mol. The van der Waals surface area contributed by atoms with E-state index in [-0.39, 0.29) is 24.2 Å². The first-order valence-corrected chi connectivity index (χ1v) is 8.90. The number of fused-ring (bicyclic) bond motifs is 1. The lowest BCUT2D eigenvalue weighted by molar-refractivity contribution is -0.0000297. The largest absolute Gasteiger partial charge is 1.00 e. The van der Waals surface area contributed by atoms with E-state index in [1.807, 2.05) is 25.2 Å². The first-order chi connectivity index (χ1) is 13.0. The molecule has 0 spiro atoms. The minimum atomic E-state index is -0.205. The molecule has 0 N–H and O–H groups in total. The van der Waals surface area contributed by atoms with E-state index >= 15 is 0 Å². The summed E-state index contributed by atoms with van der Waals surface area (Å²) in [6, 6.07) is 12.8. The summed E-state index contributed by atoms with van der Waals surface area (Å²) in [5, 5.41) is 0. The Bertz CT molecular complexity index is 821. The number of carbonyl (C=O) groups excluding carboxylic acids is 2. The monoisotopic (exact) mass is 403 g/mol. The van der Waals surface area contributed by atoms with Crippen LogP contribution in [0, 0.1) is 0 Å². The van der Waals surface area contributed by atoms with Gasteiger partial charge in [-0.3, -0.25) is 14.5 Å². The highest BCUT2D eigenvalue weighted by molar-refractivity contribution is 6.21. The quantitative estimate of drug-likeness (QED) is 0.555. The molecule has 6 nitrogen and oxygen atoms in total. The van der Waals surface area contributed by atoms with Crippen molar-refractivity contribution in [3.8, 4) is 11.5 Å². The van der Waals surface area contributed by atoms with Gasteiger partial charge in [0.2, 0.25) is 0 Å². The van der Waals surface area contributed by atoms with E-state index < -0.39 is 0 Å². The number of imide groups is 1. The minimum Gasteiger partial charge on any atom is -1.00 e. The summed E-state index contributed by atoms with van der Waals surface area (Å²) >= 11 is 0. The molecule has 0 fully saturated rings. The third kappa shape index (κ3) is 4.46. The van der Waals surface area contributed by atoms with E-state index in [1.54, 1.807) is 38.5 Å². The number of carbonyl (C=O) groups is 2. The smallest absolute Gasteiger partial charge is 0.261 e. The van der Waals surface area contributed by atoms with Crippen LogP contribution >= 0.6 is 0 Å². The number of nitrogens with zero attached hydrogens (tertiary/aromatic N) is 2. The number of methoxy groups -OCH3 is 2. The molecule has 2 amide bonds. The van der Waals surface area contributed by atoms with E-state index in [0.717, 1.165) is 18.5 Å². The summed E-state index contributed by atoms with van der Waals surface area (Å²) in [7, 11) is 5.22. The Morgan fingerprint density at radius 1 is 0.893 bits per heavy atom. The molecule has 0 aromatic heterocycles. The maximum atomic E-state index is 12.4. The van der Waals surface area contributed by atoms with Crippen molar-refractivity contribution in [2.24, 2.45) is 0 Å². The van der Waals surface area contributed by atoms with Gasteiger partial charge in [0, 0.05) is 19.6 Å². The van der Waals surface area contributed by atoms with Crippen molar-refractivity contribution >= 4 is 11.8 Å². The Labute approximate surface area is 171 Å². The van der Waals surface area contributed by atoms with Crippen molar-refractivity contribution in [3.63, 3.8) is 0 Å². The van der Waals surface area contributed by atoms with Crippen LogP contribution in [0.2, 0.25) is 0 Å². The Balaban J connectivity index is 0.00000280. The van der Waals surface area contributed by atoms with Gasteiger partial charge in [-0.15, -0.1) is 0 Å². The first-order valence-electron chi connectivity index (χ1n) is 8.90. The first kappa shape index (κ1) is 21.7. The minimum absolute atomic E-state index is 0. The molecule has 0 bridgehead atoms. The Morgan fingerprint density at radius 3 is 2.07 bits per heavy atom. The molecule has 7 heteroatoms. The fourth-order valence-corrected chi connectivity index (χ4v) is 3.18. The van der Waals surface area contributed by atoms with Crippen LogP contribution in [0.3, 0.4) is 0 Å². The van der Waals surface area contributed by atoms with Gasteiger partial charge in [0.25, 0.3) is 11.8 Å². The predicted octanol–water partition coefficient (Wildman–Crippen LogP) is -0.522. The number of rotatable bonds is 8. The third-order valence-corrected chi connectivity index (χ3v) is 4.81. The van der Waals surface area contributed by atoms with Gasteiger partial charge >= 0.3 is 0 Å². The molecule has 150 valence electrons. The second kappa shape index (κ2) is 9.57. The van der Waals surface area contributed by atoms with Crippen LogP contribution in [0.1, 0.15) is 26.3 Å². The molecule has 0 aliphatic carbocycles. The van der Waals surface area contributed by atoms with E-state index in [0.29, 0.717) is 35.7 Å². The zero-order valence-electron chi connectivity index (χ0n) is 16.3. The number of amides is 2. The average Bonchev–Trinajstić information content (AvgIpc) is 2.95. The van der Waals surface area contributed by atoms with Crippen molar-refractivity contribution in [1.82, 2.24) is 9.80 Å². The molecule has 28 heavy (non-hydrogen) atoms. The van der Waals surface area contributed by atoms with Gasteiger partial charge in [0.05, 0.1) is 25.3 Å². The summed E-state index contributed by atoms with van der Waals surface area (Å²) in [5.74, 6) is 1.01. The Hall–Kier alpha value is -2.57. The Kier molecular flexibility index (Phi) is 7.43. The van der Waals surface area contributed by atoms with Crippen LogP contribution in [0.4, 0.5) is 0 Å². The van der Waals surface area contributed by atoms with Gasteiger partial charge in [0.1, 0.15) is 0 Å². The zero-order chi connectivity index (χ0) is 19.4. The van der Waals surface area contributed by atoms with Crippen LogP contribution < -0.4 is 21.9 Å². The molecular formula is C21H24ClN2O4-. The molecule has 1 aliphatic rings. The zero-order valence-corrected chi connectivity index (χ0v) is 17.0. The van der Waals surface area contributed by atoms with Crippen molar-refractivity contribution in [2.45, 2.75) is 6.42 Å². The summed E-state index contributed by atoms with van der Waals surface area (Å²) in [5.41, 5.74) is 2.13. The lowest BCUT2D eigenvalue weighted by atomic mass is 10.1. The van der Waals surface area contributed by atoms with Gasteiger partial charge in [-0.25, -0.2) is 0 Å².